The summed E-state index contributed by atoms with van der Waals surface area (Å²) in [6.45, 7) is 14.8. The van der Waals surface area contributed by atoms with Crippen LogP contribution in [0.3, 0.4) is 0 Å². The number of amides is 1. The van der Waals surface area contributed by atoms with E-state index in [-0.39, 0.29) is 24.1 Å². The normalized spacial score (nSPS) is 22.8. The molecular weight excluding hydrogens is 513 g/mol. The van der Waals surface area contributed by atoms with Crippen LogP contribution in [-0.2, 0) is 14.2 Å². The lowest BCUT2D eigenvalue weighted by atomic mass is 9.84. The Bertz CT molecular complexity index is 1260. The van der Waals surface area contributed by atoms with Crippen molar-refractivity contribution >= 4 is 25.7 Å². The molecule has 0 saturated carbocycles. The molecule has 5 rings (SSSR count). The summed E-state index contributed by atoms with van der Waals surface area (Å²) < 4.78 is 33.4. The van der Waals surface area contributed by atoms with Crippen LogP contribution in [0.4, 0.5) is 9.18 Å². The predicted octanol–water partition coefficient (Wildman–Crippen LogP) is 6.35. The average Bonchev–Trinajstić information content (AvgIpc) is 3.21. The molecule has 0 radical (unpaired) electrons. The Kier molecular flexibility index (Phi) is 7.50. The molecule has 0 bridgehead atoms. The first-order chi connectivity index (χ1) is 18.4. The lowest BCUT2D eigenvalue weighted by Crippen LogP contribution is -2.47. The van der Waals surface area contributed by atoms with Gasteiger partial charge in [0.1, 0.15) is 24.3 Å². The maximum absolute atomic E-state index is 15.4. The van der Waals surface area contributed by atoms with Crippen LogP contribution in [0.1, 0.15) is 44.9 Å². The Morgan fingerprint density at radius 3 is 2.77 bits per heavy atom. The summed E-state index contributed by atoms with van der Waals surface area (Å²) in [5.74, 6) is -0.316. The van der Waals surface area contributed by atoms with E-state index in [1.807, 2.05) is 20.8 Å². The van der Waals surface area contributed by atoms with E-state index in [1.54, 1.807) is 35.6 Å². The van der Waals surface area contributed by atoms with Crippen LogP contribution < -0.4 is 0 Å². The van der Waals surface area contributed by atoms with Gasteiger partial charge in [-0.15, -0.1) is 0 Å². The van der Waals surface area contributed by atoms with Gasteiger partial charge in [0.25, 0.3) is 0 Å². The lowest BCUT2D eigenvalue weighted by Gasteiger charge is -2.44. The lowest BCUT2D eigenvalue weighted by molar-refractivity contribution is 0.0231. The van der Waals surface area contributed by atoms with Gasteiger partial charge in [-0.1, -0.05) is 25.7 Å². The summed E-state index contributed by atoms with van der Waals surface area (Å²) >= 11 is 0. The van der Waals surface area contributed by atoms with Gasteiger partial charge in [-0.05, 0) is 57.0 Å². The minimum atomic E-state index is -1.27. The molecule has 1 aromatic rings. The van der Waals surface area contributed by atoms with Crippen molar-refractivity contribution in [3.8, 4) is 0 Å². The average molecular weight is 554 g/mol. The van der Waals surface area contributed by atoms with Crippen LogP contribution in [0.15, 0.2) is 53.5 Å². The molecule has 1 aromatic heterocycles. The Hall–Kier alpha value is -2.91. The van der Waals surface area contributed by atoms with Gasteiger partial charge in [-0.3, -0.25) is 4.98 Å². The maximum Gasteiger partial charge on any atom is 0.410 e. The summed E-state index contributed by atoms with van der Waals surface area (Å²) in [6, 6.07) is 4.59. The molecule has 0 aromatic carbocycles. The number of halogens is 1. The third-order valence-corrected chi connectivity index (χ3v) is 9.17. The van der Waals surface area contributed by atoms with Gasteiger partial charge in [0.2, 0.25) is 0 Å². The molecule has 1 aliphatic carbocycles. The minimum Gasteiger partial charge on any atom is -0.492 e. The third kappa shape index (κ3) is 5.99. The van der Waals surface area contributed by atoms with E-state index < -0.39 is 13.7 Å². The number of hydrogen-bond donors (Lipinski definition) is 0. The standard InChI is InChI=1S/C30H40FN3O4Si/c1-30(2,3)38-29(35)33-12-9-20(10-13-33)24-17-25-26-21(18-37-25)16-23(31)22-8-7-11-32-27(22)28(26)34(24)19-36-14-15-39(4,5)6/h7-9,11,16,18,24-25H,10,12-15,17,19H2,1-6H3. The van der Waals surface area contributed by atoms with Crippen molar-refractivity contribution in [3.63, 3.8) is 0 Å². The van der Waals surface area contributed by atoms with E-state index in [1.165, 1.54) is 5.57 Å². The topological polar surface area (TPSA) is 64.1 Å². The molecular formula is C30H40FN3O4Si. The molecule has 9 heteroatoms. The first-order valence-electron chi connectivity index (χ1n) is 13.9. The molecule has 0 spiro atoms. The molecule has 2 atom stereocenters. The summed E-state index contributed by atoms with van der Waals surface area (Å²) in [5.41, 5.74) is 4.39. The molecule has 3 aliphatic heterocycles. The monoisotopic (exact) mass is 553 g/mol. The summed E-state index contributed by atoms with van der Waals surface area (Å²) in [5, 5.41) is 0. The molecule has 4 heterocycles. The van der Waals surface area contributed by atoms with E-state index in [2.05, 4.69) is 35.6 Å². The molecule has 1 amide bonds. The van der Waals surface area contributed by atoms with Crippen LogP contribution in [0.2, 0.25) is 25.7 Å². The van der Waals surface area contributed by atoms with Gasteiger partial charge >= 0.3 is 6.09 Å². The third-order valence-electron chi connectivity index (χ3n) is 7.47. The fraction of sp³-hybridized carbons (Fsp3) is 0.533. The van der Waals surface area contributed by atoms with Crippen molar-refractivity contribution in [2.75, 3.05) is 26.4 Å². The number of carbonyl (C=O) groups is 1. The van der Waals surface area contributed by atoms with Gasteiger partial charge in [0.05, 0.1) is 23.7 Å². The van der Waals surface area contributed by atoms with Crippen molar-refractivity contribution in [1.82, 2.24) is 14.8 Å². The van der Waals surface area contributed by atoms with E-state index in [0.717, 1.165) is 22.9 Å². The fourth-order valence-corrected chi connectivity index (χ4v) is 6.24. The second-order valence-electron chi connectivity index (χ2n) is 12.9. The first-order valence-corrected chi connectivity index (χ1v) is 17.6. The van der Waals surface area contributed by atoms with Crippen molar-refractivity contribution in [3.05, 3.63) is 64.7 Å². The van der Waals surface area contributed by atoms with Crippen LogP contribution in [0, 0.1) is 0 Å². The number of hydrogen-bond acceptors (Lipinski definition) is 6. The minimum absolute atomic E-state index is 0.0230. The Balaban J connectivity index is 1.48. The molecule has 0 fully saturated rings. The van der Waals surface area contributed by atoms with Gasteiger partial charge in [0.15, 0.2) is 0 Å². The fourth-order valence-electron chi connectivity index (χ4n) is 5.48. The Morgan fingerprint density at radius 2 is 2.08 bits per heavy atom. The molecule has 0 saturated heterocycles. The highest BCUT2D eigenvalue weighted by Gasteiger charge is 2.44. The molecule has 2 unspecified atom stereocenters. The summed E-state index contributed by atoms with van der Waals surface area (Å²) in [7, 11) is -1.27. The van der Waals surface area contributed by atoms with Gasteiger partial charge in [0, 0.05) is 57.1 Å². The van der Waals surface area contributed by atoms with Crippen molar-refractivity contribution in [1.29, 1.82) is 0 Å². The van der Waals surface area contributed by atoms with E-state index in [0.29, 0.717) is 50.5 Å². The van der Waals surface area contributed by atoms with E-state index in [4.69, 9.17) is 14.2 Å². The van der Waals surface area contributed by atoms with Crippen molar-refractivity contribution in [2.24, 2.45) is 0 Å². The van der Waals surface area contributed by atoms with Crippen molar-refractivity contribution in [2.45, 2.75) is 77.0 Å². The molecule has 7 nitrogen and oxygen atoms in total. The molecule has 0 N–H and O–H groups in total. The zero-order valence-corrected chi connectivity index (χ0v) is 24.9. The first kappa shape index (κ1) is 27.6. The van der Waals surface area contributed by atoms with Crippen molar-refractivity contribution < 1.29 is 23.4 Å². The Morgan fingerprint density at radius 1 is 1.28 bits per heavy atom. The Labute approximate surface area is 232 Å². The number of carbonyl (C=O) groups excluding carboxylic acids is 1. The predicted molar refractivity (Wildman–Crippen MR) is 153 cm³/mol. The maximum atomic E-state index is 15.4. The zero-order chi connectivity index (χ0) is 27.9. The number of rotatable bonds is 6. The highest BCUT2D eigenvalue weighted by atomic mass is 28.3. The van der Waals surface area contributed by atoms with Crippen LogP contribution in [0.25, 0.3) is 11.5 Å². The summed E-state index contributed by atoms with van der Waals surface area (Å²) in [4.78, 5) is 21.4. The number of fused-ring (bicyclic) bond motifs is 2. The van der Waals surface area contributed by atoms with E-state index in [9.17, 15) is 4.79 Å². The van der Waals surface area contributed by atoms with Crippen LogP contribution >= 0.6 is 0 Å². The zero-order valence-electron chi connectivity index (χ0n) is 23.9. The number of nitrogens with zero attached hydrogens (tertiary/aromatic N) is 3. The largest absolute Gasteiger partial charge is 0.492 e. The van der Waals surface area contributed by atoms with Crippen LogP contribution in [0.5, 0.6) is 0 Å². The quantitative estimate of drug-likeness (QED) is 0.232. The van der Waals surface area contributed by atoms with Gasteiger partial charge in [-0.2, -0.15) is 0 Å². The number of pyridine rings is 1. The second kappa shape index (κ2) is 10.6. The highest BCUT2D eigenvalue weighted by Crippen LogP contribution is 2.48. The van der Waals surface area contributed by atoms with Gasteiger partial charge < -0.3 is 24.0 Å². The number of ether oxygens (including phenoxy) is 3. The molecule has 39 heavy (non-hydrogen) atoms. The number of allylic oxidation sites excluding steroid dienone is 1. The molecule has 4 aliphatic rings. The smallest absolute Gasteiger partial charge is 0.410 e. The second-order valence-corrected chi connectivity index (χ2v) is 18.5. The molecule has 210 valence electrons. The van der Waals surface area contributed by atoms with Crippen LogP contribution in [-0.4, -0.2) is 73.1 Å². The highest BCUT2D eigenvalue weighted by molar-refractivity contribution is 6.76. The number of aromatic nitrogens is 1. The summed E-state index contributed by atoms with van der Waals surface area (Å²) in [6.07, 6.45) is 8.03. The van der Waals surface area contributed by atoms with Gasteiger partial charge in [-0.25, -0.2) is 9.18 Å². The SMILES string of the molecule is CC(C)(C)OC(=O)N1CC=C(C2CC3OC=C4C=C(F)c5cccnc5C(=C43)N2COCC[Si](C)(C)C)CC1. The van der Waals surface area contributed by atoms with E-state index >= 15 is 4.39 Å².